The van der Waals surface area contributed by atoms with Gasteiger partial charge in [-0.05, 0) is 62.4 Å². The van der Waals surface area contributed by atoms with Gasteiger partial charge in [-0.1, -0.05) is 17.8 Å². The minimum Gasteiger partial charge on any atom is -0.330 e. The van der Waals surface area contributed by atoms with E-state index >= 15 is 0 Å². The van der Waals surface area contributed by atoms with Crippen LogP contribution in [0.2, 0.25) is 0 Å². The first-order valence-corrected chi connectivity index (χ1v) is 8.03. The highest BCUT2D eigenvalue weighted by Crippen LogP contribution is 2.34. The third kappa shape index (κ3) is 2.50. The van der Waals surface area contributed by atoms with Crippen LogP contribution in [0.4, 0.5) is 0 Å². The molecule has 2 aromatic rings. The number of hydrogen-bond donors (Lipinski definition) is 1. The van der Waals surface area contributed by atoms with Crippen LogP contribution in [0.5, 0.6) is 0 Å². The summed E-state index contributed by atoms with van der Waals surface area (Å²) in [4.78, 5) is 1.31. The van der Waals surface area contributed by atoms with E-state index in [1.807, 2.05) is 23.5 Å². The van der Waals surface area contributed by atoms with Crippen molar-refractivity contribution in [3.05, 3.63) is 40.6 Å². The van der Waals surface area contributed by atoms with Crippen molar-refractivity contribution in [1.82, 2.24) is 9.78 Å². The Morgan fingerprint density at radius 1 is 1.30 bits per heavy atom. The molecule has 0 saturated carbocycles. The molecule has 3 rings (SSSR count). The monoisotopic (exact) mass is 287 g/mol. The van der Waals surface area contributed by atoms with E-state index in [4.69, 9.17) is 5.73 Å². The van der Waals surface area contributed by atoms with Crippen LogP contribution in [-0.4, -0.2) is 16.3 Å². The third-order valence-corrected chi connectivity index (χ3v) is 5.16. The van der Waals surface area contributed by atoms with Gasteiger partial charge >= 0.3 is 0 Å². The lowest BCUT2D eigenvalue weighted by atomic mass is 10.1. The largest absolute Gasteiger partial charge is 0.330 e. The van der Waals surface area contributed by atoms with E-state index in [-0.39, 0.29) is 0 Å². The van der Waals surface area contributed by atoms with Crippen molar-refractivity contribution in [2.45, 2.75) is 42.5 Å². The molecule has 1 aliphatic rings. The van der Waals surface area contributed by atoms with Crippen molar-refractivity contribution in [1.29, 1.82) is 0 Å². The highest BCUT2D eigenvalue weighted by molar-refractivity contribution is 7.99. The Balaban J connectivity index is 1.91. The van der Waals surface area contributed by atoms with E-state index in [9.17, 15) is 0 Å². The lowest BCUT2D eigenvalue weighted by Gasteiger charge is -2.07. The molecule has 106 valence electrons. The molecule has 4 heteroatoms. The molecule has 1 aliphatic carbocycles. The van der Waals surface area contributed by atoms with Crippen LogP contribution in [-0.2, 0) is 26.3 Å². The molecular weight excluding hydrogens is 266 g/mol. The normalized spacial score (nSPS) is 13.8. The number of nitrogens with zero attached hydrogens (tertiary/aromatic N) is 2. The van der Waals surface area contributed by atoms with Gasteiger partial charge in [-0.3, -0.25) is 4.68 Å². The molecule has 1 aromatic heterocycles. The Labute approximate surface area is 124 Å². The molecule has 0 fully saturated rings. The quantitative estimate of drug-likeness (QED) is 0.940. The molecular formula is C16H21N3S. The van der Waals surface area contributed by atoms with Crippen LogP contribution in [0.25, 0.3) is 0 Å². The zero-order chi connectivity index (χ0) is 14.1. The van der Waals surface area contributed by atoms with Crippen molar-refractivity contribution < 1.29 is 0 Å². The average Bonchev–Trinajstić information content (AvgIpc) is 2.98. The summed E-state index contributed by atoms with van der Waals surface area (Å²) in [6, 6.07) is 6.88. The Morgan fingerprint density at radius 3 is 2.90 bits per heavy atom. The van der Waals surface area contributed by atoms with Crippen LogP contribution >= 0.6 is 11.8 Å². The van der Waals surface area contributed by atoms with Gasteiger partial charge in [0.05, 0.1) is 5.69 Å². The molecule has 0 radical (unpaired) electrons. The molecule has 1 heterocycles. The van der Waals surface area contributed by atoms with Crippen LogP contribution < -0.4 is 5.73 Å². The Morgan fingerprint density at radius 2 is 2.10 bits per heavy atom. The Kier molecular flexibility index (Phi) is 3.85. The predicted molar refractivity (Wildman–Crippen MR) is 83.3 cm³/mol. The molecule has 0 saturated heterocycles. The van der Waals surface area contributed by atoms with Crippen LogP contribution in [0.3, 0.4) is 0 Å². The summed E-state index contributed by atoms with van der Waals surface area (Å²) >= 11 is 1.81. The van der Waals surface area contributed by atoms with Gasteiger partial charge in [-0.2, -0.15) is 5.10 Å². The minimum atomic E-state index is 0.671. The summed E-state index contributed by atoms with van der Waals surface area (Å²) in [6.45, 7) is 2.74. The first kappa shape index (κ1) is 13.7. The lowest BCUT2D eigenvalue weighted by molar-refractivity contribution is 0.688. The molecule has 0 spiro atoms. The van der Waals surface area contributed by atoms with Gasteiger partial charge in [0.1, 0.15) is 5.03 Å². The lowest BCUT2D eigenvalue weighted by Crippen LogP contribution is -2.04. The molecule has 2 N–H and O–H groups in total. The summed E-state index contributed by atoms with van der Waals surface area (Å²) < 4.78 is 1.98. The zero-order valence-electron chi connectivity index (χ0n) is 12.1. The van der Waals surface area contributed by atoms with Crippen molar-refractivity contribution in [3.63, 3.8) is 0 Å². The molecule has 0 bridgehead atoms. The van der Waals surface area contributed by atoms with Gasteiger partial charge in [-0.15, -0.1) is 0 Å². The average molecular weight is 287 g/mol. The second-order valence-corrected chi connectivity index (χ2v) is 6.48. The van der Waals surface area contributed by atoms with Gasteiger partial charge in [-0.25, -0.2) is 0 Å². The van der Waals surface area contributed by atoms with Gasteiger partial charge in [0.15, 0.2) is 0 Å². The molecule has 20 heavy (non-hydrogen) atoms. The Hall–Kier alpha value is -1.26. The predicted octanol–water partition coefficient (Wildman–Crippen LogP) is 2.87. The number of rotatable bonds is 4. The Bertz CT molecular complexity index is 631. The second-order valence-electron chi connectivity index (χ2n) is 5.42. The summed E-state index contributed by atoms with van der Waals surface area (Å²) in [6.07, 6.45) is 4.66. The highest BCUT2D eigenvalue weighted by Gasteiger charge is 2.16. The van der Waals surface area contributed by atoms with Gasteiger partial charge in [0, 0.05) is 17.5 Å². The van der Waals surface area contributed by atoms with E-state index < -0.39 is 0 Å². The van der Waals surface area contributed by atoms with Crippen LogP contribution in [0.1, 0.15) is 28.8 Å². The summed E-state index contributed by atoms with van der Waals surface area (Å²) in [7, 11) is 2.02. The van der Waals surface area contributed by atoms with E-state index in [2.05, 4.69) is 30.2 Å². The number of aromatic nitrogens is 2. The molecule has 0 atom stereocenters. The fourth-order valence-electron chi connectivity index (χ4n) is 2.96. The van der Waals surface area contributed by atoms with E-state index in [1.54, 1.807) is 0 Å². The number of benzene rings is 1. The first-order valence-electron chi connectivity index (χ1n) is 7.21. The number of fused-ring (bicyclic) bond motifs is 1. The van der Waals surface area contributed by atoms with E-state index in [1.165, 1.54) is 45.9 Å². The van der Waals surface area contributed by atoms with Crippen molar-refractivity contribution in [2.24, 2.45) is 12.8 Å². The SMILES string of the molecule is Cc1nn(C)c(Sc2ccc3c(c2)CCC3)c1CCN. The maximum atomic E-state index is 5.73. The summed E-state index contributed by atoms with van der Waals surface area (Å²) in [5, 5.41) is 5.77. The van der Waals surface area contributed by atoms with Crippen molar-refractivity contribution in [2.75, 3.05) is 6.54 Å². The summed E-state index contributed by atoms with van der Waals surface area (Å²) in [5.41, 5.74) is 11.2. The highest BCUT2D eigenvalue weighted by atomic mass is 32.2. The van der Waals surface area contributed by atoms with Crippen LogP contribution in [0, 0.1) is 6.92 Å². The molecule has 0 unspecified atom stereocenters. The van der Waals surface area contributed by atoms with Gasteiger partial charge < -0.3 is 5.73 Å². The number of aryl methyl sites for hydroxylation is 4. The smallest absolute Gasteiger partial charge is 0.102 e. The minimum absolute atomic E-state index is 0.671. The van der Waals surface area contributed by atoms with Crippen LogP contribution in [0.15, 0.2) is 28.1 Å². The topological polar surface area (TPSA) is 43.8 Å². The van der Waals surface area contributed by atoms with Crippen molar-refractivity contribution >= 4 is 11.8 Å². The van der Waals surface area contributed by atoms with Crippen molar-refractivity contribution in [3.8, 4) is 0 Å². The zero-order valence-corrected chi connectivity index (χ0v) is 13.0. The standard InChI is InChI=1S/C16H21N3S/c1-11-15(8-9-17)16(19(2)18-11)20-14-7-6-12-4-3-5-13(12)10-14/h6-7,10H,3-5,8-9,17H2,1-2H3. The maximum absolute atomic E-state index is 5.73. The summed E-state index contributed by atoms with van der Waals surface area (Å²) in [5.74, 6) is 0. The maximum Gasteiger partial charge on any atom is 0.102 e. The van der Waals surface area contributed by atoms with E-state index in [0.717, 1.165) is 12.1 Å². The number of nitrogens with two attached hydrogens (primary N) is 1. The van der Waals surface area contributed by atoms with Gasteiger partial charge in [0.25, 0.3) is 0 Å². The molecule has 3 nitrogen and oxygen atoms in total. The fourth-order valence-corrected chi connectivity index (χ4v) is 4.07. The molecule has 0 amide bonds. The molecule has 0 aliphatic heterocycles. The van der Waals surface area contributed by atoms with E-state index in [0.29, 0.717) is 6.54 Å². The fraction of sp³-hybridized carbons (Fsp3) is 0.438. The first-order chi connectivity index (χ1) is 9.69. The number of hydrogen-bond acceptors (Lipinski definition) is 3. The second kappa shape index (κ2) is 5.62. The molecule has 1 aromatic carbocycles. The third-order valence-electron chi connectivity index (χ3n) is 3.97. The van der Waals surface area contributed by atoms with Gasteiger partial charge in [0.2, 0.25) is 0 Å².